The predicted molar refractivity (Wildman–Crippen MR) is 139 cm³/mol. The van der Waals surface area contributed by atoms with Gasteiger partial charge < -0.3 is 14.7 Å². The Bertz CT molecular complexity index is 1060. The van der Waals surface area contributed by atoms with Gasteiger partial charge in [-0.25, -0.2) is 8.42 Å². The lowest BCUT2D eigenvalue weighted by Crippen LogP contribution is -2.30. The van der Waals surface area contributed by atoms with Crippen molar-refractivity contribution in [2.24, 2.45) is 0 Å². The molecule has 6 nitrogen and oxygen atoms in total. The molecule has 34 heavy (non-hydrogen) atoms. The van der Waals surface area contributed by atoms with Crippen LogP contribution >= 0.6 is 23.2 Å². The molecule has 0 aliphatic carbocycles. The molecule has 0 radical (unpaired) electrons. The summed E-state index contributed by atoms with van der Waals surface area (Å²) < 4.78 is 35.3. The molecule has 0 aromatic heterocycles. The summed E-state index contributed by atoms with van der Waals surface area (Å²) in [7, 11) is -3.84. The average Bonchev–Trinajstić information content (AvgIpc) is 3.37. The van der Waals surface area contributed by atoms with Gasteiger partial charge in [-0.05, 0) is 61.6 Å². The van der Waals surface area contributed by atoms with Crippen LogP contribution in [-0.4, -0.2) is 44.0 Å². The Morgan fingerprint density at radius 1 is 1.03 bits per heavy atom. The molecular formula is C25H34Cl2N2O4S. The maximum Gasteiger partial charge on any atom is 0.246 e. The topological polar surface area (TPSA) is 70.1 Å². The molecule has 1 fully saturated rings. The van der Waals surface area contributed by atoms with E-state index < -0.39 is 10.0 Å². The smallest absolute Gasteiger partial charge is 0.246 e. The predicted octanol–water partition coefficient (Wildman–Crippen LogP) is 6.47. The van der Waals surface area contributed by atoms with Crippen LogP contribution in [0.15, 0.2) is 35.2 Å². The number of aliphatic hydroxyl groups excluding tert-OH is 1. The van der Waals surface area contributed by atoms with Crippen LogP contribution in [0.2, 0.25) is 10.0 Å². The molecular weight excluding hydrogens is 495 g/mol. The minimum Gasteiger partial charge on any atom is -0.452 e. The van der Waals surface area contributed by atoms with Gasteiger partial charge in [0.15, 0.2) is 5.75 Å². The molecule has 1 N–H and O–H groups in total. The highest BCUT2D eigenvalue weighted by molar-refractivity contribution is 7.89. The third-order valence-electron chi connectivity index (χ3n) is 5.97. The van der Waals surface area contributed by atoms with Crippen LogP contribution in [0, 0.1) is 0 Å². The number of halogens is 2. The van der Waals surface area contributed by atoms with E-state index in [2.05, 4.69) is 18.7 Å². The number of rotatable bonds is 12. The van der Waals surface area contributed by atoms with Gasteiger partial charge in [-0.1, -0.05) is 49.9 Å². The molecule has 2 aromatic carbocycles. The first-order chi connectivity index (χ1) is 16.3. The zero-order valence-electron chi connectivity index (χ0n) is 19.9. The standard InChI is InChI=1S/C25H34Cl2N2O4S/c1-3-5-11-28(12-6-4-2)22-15-19(18-30)16-24(34(31,32)29-13-7-8-14-29)25(22)33-23-10-9-20(26)17-21(23)27/h9-10,15-17,30H,3-8,11-14,18H2,1-2H3. The lowest BCUT2D eigenvalue weighted by atomic mass is 10.1. The summed E-state index contributed by atoms with van der Waals surface area (Å²) in [4.78, 5) is 2.22. The Labute approximate surface area is 213 Å². The Kier molecular flexibility index (Phi) is 9.92. The van der Waals surface area contributed by atoms with Gasteiger partial charge in [0.1, 0.15) is 10.6 Å². The quantitative estimate of drug-likeness (QED) is 0.341. The van der Waals surface area contributed by atoms with Gasteiger partial charge in [-0.15, -0.1) is 0 Å². The molecule has 1 heterocycles. The largest absolute Gasteiger partial charge is 0.452 e. The molecule has 0 atom stereocenters. The molecule has 3 rings (SSSR count). The molecule has 9 heteroatoms. The molecule has 0 amide bonds. The number of ether oxygens (including phenoxy) is 1. The van der Waals surface area contributed by atoms with Crippen molar-refractivity contribution in [2.45, 2.75) is 63.9 Å². The van der Waals surface area contributed by atoms with Crippen molar-refractivity contribution in [3.8, 4) is 11.5 Å². The number of benzene rings is 2. The van der Waals surface area contributed by atoms with Crippen LogP contribution in [0.25, 0.3) is 0 Å². The van der Waals surface area contributed by atoms with Crippen LogP contribution < -0.4 is 9.64 Å². The van der Waals surface area contributed by atoms with Crippen molar-refractivity contribution in [1.82, 2.24) is 4.31 Å². The van der Waals surface area contributed by atoms with E-state index in [1.165, 1.54) is 10.4 Å². The van der Waals surface area contributed by atoms with Gasteiger partial charge >= 0.3 is 0 Å². The van der Waals surface area contributed by atoms with Crippen molar-refractivity contribution in [2.75, 3.05) is 31.1 Å². The van der Waals surface area contributed by atoms with Crippen molar-refractivity contribution < 1.29 is 18.3 Å². The van der Waals surface area contributed by atoms with Crippen LogP contribution in [0.1, 0.15) is 57.9 Å². The summed E-state index contributed by atoms with van der Waals surface area (Å²) >= 11 is 12.5. The Balaban J connectivity index is 2.22. The van der Waals surface area contributed by atoms with Gasteiger partial charge in [-0.3, -0.25) is 0 Å². The van der Waals surface area contributed by atoms with Crippen molar-refractivity contribution in [1.29, 1.82) is 0 Å². The van der Waals surface area contributed by atoms with E-state index >= 15 is 0 Å². The van der Waals surface area contributed by atoms with E-state index in [-0.39, 0.29) is 17.3 Å². The fourth-order valence-electron chi connectivity index (χ4n) is 4.05. The molecule has 2 aromatic rings. The number of hydrogen-bond acceptors (Lipinski definition) is 5. The Hall–Kier alpha value is -1.51. The van der Waals surface area contributed by atoms with Crippen LogP contribution in [0.5, 0.6) is 11.5 Å². The number of nitrogens with zero attached hydrogens (tertiary/aromatic N) is 2. The highest BCUT2D eigenvalue weighted by atomic mass is 35.5. The van der Waals surface area contributed by atoms with E-state index in [4.69, 9.17) is 27.9 Å². The summed E-state index contributed by atoms with van der Waals surface area (Å²) in [6.45, 7) is 6.41. The Morgan fingerprint density at radius 3 is 2.24 bits per heavy atom. The number of sulfonamides is 1. The maximum atomic E-state index is 13.7. The molecule has 1 saturated heterocycles. The zero-order chi connectivity index (χ0) is 24.7. The lowest BCUT2D eigenvalue weighted by molar-refractivity contribution is 0.281. The van der Waals surface area contributed by atoms with E-state index in [1.807, 2.05) is 6.07 Å². The summed E-state index contributed by atoms with van der Waals surface area (Å²) in [6, 6.07) is 8.22. The summed E-state index contributed by atoms with van der Waals surface area (Å²) in [5, 5.41) is 10.8. The molecule has 1 aliphatic rings. The van der Waals surface area contributed by atoms with E-state index in [0.29, 0.717) is 40.1 Å². The highest BCUT2D eigenvalue weighted by Gasteiger charge is 2.33. The molecule has 0 unspecified atom stereocenters. The summed E-state index contributed by atoms with van der Waals surface area (Å²) in [5.41, 5.74) is 1.18. The molecule has 0 spiro atoms. The van der Waals surface area contributed by atoms with Gasteiger partial charge in [0.25, 0.3) is 0 Å². The van der Waals surface area contributed by atoms with Crippen LogP contribution in [-0.2, 0) is 16.6 Å². The lowest BCUT2D eigenvalue weighted by Gasteiger charge is -2.29. The van der Waals surface area contributed by atoms with Gasteiger partial charge in [0.05, 0.1) is 17.3 Å². The third-order valence-corrected chi connectivity index (χ3v) is 8.40. The minimum atomic E-state index is -3.84. The molecule has 0 bridgehead atoms. The highest BCUT2D eigenvalue weighted by Crippen LogP contribution is 2.43. The fourth-order valence-corrected chi connectivity index (χ4v) is 6.19. The number of hydrogen-bond donors (Lipinski definition) is 1. The first-order valence-electron chi connectivity index (χ1n) is 12.0. The average molecular weight is 530 g/mol. The van der Waals surface area contributed by atoms with Gasteiger partial charge in [-0.2, -0.15) is 4.31 Å². The minimum absolute atomic E-state index is 0.0555. The van der Waals surface area contributed by atoms with Crippen molar-refractivity contribution >= 4 is 38.9 Å². The maximum absolute atomic E-state index is 13.7. The second-order valence-electron chi connectivity index (χ2n) is 8.58. The SMILES string of the molecule is CCCCN(CCCC)c1cc(CO)cc(S(=O)(=O)N2CCCC2)c1Oc1ccc(Cl)cc1Cl. The van der Waals surface area contributed by atoms with E-state index in [9.17, 15) is 13.5 Å². The normalized spacial score (nSPS) is 14.5. The number of unbranched alkanes of at least 4 members (excludes halogenated alkanes) is 2. The van der Waals surface area contributed by atoms with Crippen LogP contribution in [0.3, 0.4) is 0 Å². The molecule has 1 aliphatic heterocycles. The van der Waals surface area contributed by atoms with E-state index in [0.717, 1.165) is 51.6 Å². The van der Waals surface area contributed by atoms with E-state index in [1.54, 1.807) is 18.2 Å². The summed E-state index contributed by atoms with van der Waals surface area (Å²) in [6.07, 6.45) is 5.54. The van der Waals surface area contributed by atoms with Crippen molar-refractivity contribution in [3.63, 3.8) is 0 Å². The third kappa shape index (κ3) is 6.38. The van der Waals surface area contributed by atoms with Crippen molar-refractivity contribution in [3.05, 3.63) is 45.9 Å². The van der Waals surface area contributed by atoms with Gasteiger partial charge in [0, 0.05) is 31.2 Å². The second kappa shape index (κ2) is 12.5. The van der Waals surface area contributed by atoms with Crippen LogP contribution in [0.4, 0.5) is 5.69 Å². The number of anilines is 1. The number of aliphatic hydroxyl groups is 1. The monoisotopic (exact) mass is 528 g/mol. The zero-order valence-corrected chi connectivity index (χ0v) is 22.2. The fraction of sp³-hybridized carbons (Fsp3) is 0.520. The molecule has 188 valence electrons. The first-order valence-corrected chi connectivity index (χ1v) is 14.2. The molecule has 0 saturated carbocycles. The Morgan fingerprint density at radius 2 is 1.68 bits per heavy atom. The summed E-state index contributed by atoms with van der Waals surface area (Å²) in [5.74, 6) is 0.563. The first kappa shape index (κ1) is 27.1. The second-order valence-corrected chi connectivity index (χ2v) is 11.3. The van der Waals surface area contributed by atoms with Gasteiger partial charge in [0.2, 0.25) is 10.0 Å².